The number of hydrogen-bond donors (Lipinski definition) is 2. The van der Waals surface area contributed by atoms with E-state index in [0.717, 1.165) is 19.5 Å². The average Bonchev–Trinajstić information content (AvgIpc) is 2.72. The zero-order valence-electron chi connectivity index (χ0n) is 11.4. The van der Waals surface area contributed by atoms with Gasteiger partial charge in [-0.2, -0.15) is 0 Å². The van der Waals surface area contributed by atoms with Crippen LogP contribution >= 0.6 is 0 Å². The van der Waals surface area contributed by atoms with Crippen molar-refractivity contribution in [1.29, 1.82) is 0 Å². The number of carbonyl (C=O) groups excluding carboxylic acids is 2. The number of nitrogens with zero attached hydrogens (tertiary/aromatic N) is 2. The Hall–Kier alpha value is -1.63. The fourth-order valence-electron chi connectivity index (χ4n) is 2.14. The fraction of sp³-hybridized carbons (Fsp3) is 0.750. The molecule has 1 saturated heterocycles. The predicted octanol–water partition coefficient (Wildman–Crippen LogP) is -0.0291. The van der Waals surface area contributed by atoms with Gasteiger partial charge in [0.25, 0.3) is 0 Å². The van der Waals surface area contributed by atoms with Crippen molar-refractivity contribution in [1.82, 2.24) is 15.1 Å². The van der Waals surface area contributed by atoms with E-state index >= 15 is 0 Å². The van der Waals surface area contributed by atoms with Crippen molar-refractivity contribution in [3.63, 3.8) is 0 Å². The van der Waals surface area contributed by atoms with Crippen molar-refractivity contribution >= 4 is 17.9 Å². The van der Waals surface area contributed by atoms with Gasteiger partial charge in [-0.3, -0.25) is 14.9 Å². The molecule has 2 N–H and O–H groups in total. The van der Waals surface area contributed by atoms with Gasteiger partial charge in [0.1, 0.15) is 0 Å². The van der Waals surface area contributed by atoms with E-state index in [1.807, 2.05) is 7.05 Å². The number of likely N-dealkylation sites (tertiary alicyclic amines) is 1. The Bertz CT molecular complexity index is 359. The molecular formula is C12H21N3O4. The fourth-order valence-corrected chi connectivity index (χ4v) is 2.14. The van der Waals surface area contributed by atoms with Gasteiger partial charge in [0.2, 0.25) is 5.91 Å². The van der Waals surface area contributed by atoms with Crippen molar-refractivity contribution in [2.75, 3.05) is 33.7 Å². The van der Waals surface area contributed by atoms with E-state index in [1.165, 1.54) is 4.90 Å². The Kier molecular flexibility index (Phi) is 5.75. The zero-order chi connectivity index (χ0) is 14.4. The molecule has 0 aromatic carbocycles. The third kappa shape index (κ3) is 5.69. The van der Waals surface area contributed by atoms with Crippen LogP contribution in [0.15, 0.2) is 0 Å². The first-order valence-corrected chi connectivity index (χ1v) is 6.33. The minimum absolute atomic E-state index is 0.179. The van der Waals surface area contributed by atoms with Crippen LogP contribution in [0.4, 0.5) is 4.79 Å². The first-order valence-electron chi connectivity index (χ1n) is 6.33. The average molecular weight is 271 g/mol. The normalized spacial score (nSPS) is 19.2. The Morgan fingerprint density at radius 1 is 1.37 bits per heavy atom. The van der Waals surface area contributed by atoms with Gasteiger partial charge in [0, 0.05) is 26.6 Å². The smallest absolute Gasteiger partial charge is 0.323 e. The summed E-state index contributed by atoms with van der Waals surface area (Å²) >= 11 is 0. The van der Waals surface area contributed by atoms with Gasteiger partial charge in [-0.25, -0.2) is 4.79 Å². The molecule has 1 fully saturated rings. The highest BCUT2D eigenvalue weighted by Crippen LogP contribution is 2.14. The van der Waals surface area contributed by atoms with Crippen LogP contribution in [0.3, 0.4) is 0 Å². The molecule has 7 heteroatoms. The molecule has 1 unspecified atom stereocenters. The van der Waals surface area contributed by atoms with Crippen LogP contribution in [0.1, 0.15) is 19.3 Å². The summed E-state index contributed by atoms with van der Waals surface area (Å²) in [5.41, 5.74) is 0. The van der Waals surface area contributed by atoms with E-state index in [-0.39, 0.29) is 12.8 Å². The molecule has 0 spiro atoms. The summed E-state index contributed by atoms with van der Waals surface area (Å²) in [4.78, 5) is 37.0. The van der Waals surface area contributed by atoms with Gasteiger partial charge >= 0.3 is 12.0 Å². The van der Waals surface area contributed by atoms with Crippen molar-refractivity contribution in [3.8, 4) is 0 Å². The molecule has 1 heterocycles. The number of amides is 3. The van der Waals surface area contributed by atoms with E-state index in [2.05, 4.69) is 10.2 Å². The van der Waals surface area contributed by atoms with Crippen LogP contribution in [-0.4, -0.2) is 66.5 Å². The lowest BCUT2D eigenvalue weighted by Gasteiger charge is -2.21. The Labute approximate surface area is 112 Å². The highest BCUT2D eigenvalue weighted by molar-refractivity contribution is 5.95. The highest BCUT2D eigenvalue weighted by Gasteiger charge is 2.23. The Morgan fingerprint density at radius 3 is 2.58 bits per heavy atom. The van der Waals surface area contributed by atoms with E-state index < -0.39 is 17.9 Å². The van der Waals surface area contributed by atoms with Crippen LogP contribution in [0, 0.1) is 5.92 Å². The standard InChI is InChI=1S/C12H21N3O4/c1-14-6-5-9(7-14)8-15(2)12(19)13-10(16)3-4-11(17)18/h9H,3-8H2,1-2H3,(H,17,18)(H,13,16,19). The summed E-state index contributed by atoms with van der Waals surface area (Å²) in [5, 5.41) is 10.6. The van der Waals surface area contributed by atoms with Crippen LogP contribution < -0.4 is 5.32 Å². The molecule has 0 aromatic rings. The second kappa shape index (κ2) is 7.08. The lowest BCUT2D eigenvalue weighted by Crippen LogP contribution is -2.43. The van der Waals surface area contributed by atoms with Crippen molar-refractivity contribution in [2.45, 2.75) is 19.3 Å². The molecule has 108 valence electrons. The van der Waals surface area contributed by atoms with Crippen LogP contribution in [0.2, 0.25) is 0 Å². The number of aliphatic carboxylic acids is 1. The molecule has 1 aliphatic rings. The SMILES string of the molecule is CN1CCC(CN(C)C(=O)NC(=O)CCC(=O)O)C1. The zero-order valence-corrected chi connectivity index (χ0v) is 11.4. The van der Waals surface area contributed by atoms with Gasteiger partial charge in [-0.1, -0.05) is 0 Å². The van der Waals surface area contributed by atoms with Crippen LogP contribution in [0.25, 0.3) is 0 Å². The van der Waals surface area contributed by atoms with E-state index in [4.69, 9.17) is 5.11 Å². The summed E-state index contributed by atoms with van der Waals surface area (Å²) in [6.07, 6.45) is 0.596. The number of rotatable bonds is 5. The lowest BCUT2D eigenvalue weighted by atomic mass is 10.1. The summed E-state index contributed by atoms with van der Waals surface area (Å²) < 4.78 is 0. The van der Waals surface area contributed by atoms with Crippen molar-refractivity contribution in [2.24, 2.45) is 5.92 Å². The molecule has 0 saturated carbocycles. The number of carbonyl (C=O) groups is 3. The second-order valence-corrected chi connectivity index (χ2v) is 5.04. The number of nitrogens with one attached hydrogen (secondary N) is 1. The first kappa shape index (κ1) is 15.4. The van der Waals surface area contributed by atoms with Gasteiger partial charge in [-0.15, -0.1) is 0 Å². The van der Waals surface area contributed by atoms with E-state index in [9.17, 15) is 14.4 Å². The van der Waals surface area contributed by atoms with Crippen molar-refractivity contribution in [3.05, 3.63) is 0 Å². The van der Waals surface area contributed by atoms with E-state index in [1.54, 1.807) is 7.05 Å². The molecule has 3 amide bonds. The molecule has 7 nitrogen and oxygen atoms in total. The highest BCUT2D eigenvalue weighted by atomic mass is 16.4. The first-order chi connectivity index (χ1) is 8.88. The summed E-state index contributed by atoms with van der Waals surface area (Å²) in [7, 11) is 3.67. The van der Waals surface area contributed by atoms with Crippen LogP contribution in [0.5, 0.6) is 0 Å². The van der Waals surface area contributed by atoms with Crippen LogP contribution in [-0.2, 0) is 9.59 Å². The Balaban J connectivity index is 2.28. The lowest BCUT2D eigenvalue weighted by molar-refractivity contribution is -0.138. The molecule has 0 aliphatic carbocycles. The van der Waals surface area contributed by atoms with E-state index in [0.29, 0.717) is 12.5 Å². The molecular weight excluding hydrogens is 250 g/mol. The Morgan fingerprint density at radius 2 is 2.05 bits per heavy atom. The number of carboxylic acid groups (broad SMARTS) is 1. The molecule has 1 aliphatic heterocycles. The topological polar surface area (TPSA) is 90.0 Å². The third-order valence-corrected chi connectivity index (χ3v) is 3.18. The summed E-state index contributed by atoms with van der Waals surface area (Å²) in [5.74, 6) is -1.18. The number of carboxylic acids is 1. The molecule has 0 aromatic heterocycles. The van der Waals surface area contributed by atoms with Gasteiger partial charge < -0.3 is 14.9 Å². The maximum atomic E-state index is 11.7. The molecule has 0 bridgehead atoms. The second-order valence-electron chi connectivity index (χ2n) is 5.04. The number of urea groups is 1. The van der Waals surface area contributed by atoms with Gasteiger partial charge in [-0.05, 0) is 25.9 Å². The maximum Gasteiger partial charge on any atom is 0.323 e. The third-order valence-electron chi connectivity index (χ3n) is 3.18. The molecule has 1 rings (SSSR count). The summed E-state index contributed by atoms with van der Waals surface area (Å²) in [6, 6.07) is -0.468. The van der Waals surface area contributed by atoms with Crippen molar-refractivity contribution < 1.29 is 19.5 Å². The monoisotopic (exact) mass is 271 g/mol. The summed E-state index contributed by atoms with van der Waals surface area (Å²) in [6.45, 7) is 2.57. The minimum atomic E-state index is -1.05. The number of imide groups is 1. The predicted molar refractivity (Wildman–Crippen MR) is 68.6 cm³/mol. The quantitative estimate of drug-likeness (QED) is 0.733. The van der Waals surface area contributed by atoms with Gasteiger partial charge in [0.15, 0.2) is 0 Å². The minimum Gasteiger partial charge on any atom is -0.481 e. The largest absolute Gasteiger partial charge is 0.481 e. The molecule has 19 heavy (non-hydrogen) atoms. The number of hydrogen-bond acceptors (Lipinski definition) is 4. The molecule has 0 radical (unpaired) electrons. The van der Waals surface area contributed by atoms with Gasteiger partial charge in [0.05, 0.1) is 6.42 Å². The molecule has 1 atom stereocenters. The maximum absolute atomic E-state index is 11.7.